The van der Waals surface area contributed by atoms with Crippen molar-refractivity contribution in [2.45, 2.75) is 45.4 Å². The van der Waals surface area contributed by atoms with Crippen molar-refractivity contribution < 1.29 is 9.53 Å². The van der Waals surface area contributed by atoms with Gasteiger partial charge in [-0.2, -0.15) is 0 Å². The Morgan fingerprint density at radius 3 is 2.50 bits per heavy atom. The largest absolute Gasteiger partial charge is 0.427 e. The van der Waals surface area contributed by atoms with E-state index in [-0.39, 0.29) is 5.97 Å². The molecule has 2 aromatic carbocycles. The summed E-state index contributed by atoms with van der Waals surface area (Å²) in [4.78, 5) is 12.0. The van der Waals surface area contributed by atoms with Crippen LogP contribution in [0.1, 0.15) is 41.5 Å². The van der Waals surface area contributed by atoms with Gasteiger partial charge in [0.1, 0.15) is 5.75 Å². The van der Waals surface area contributed by atoms with Gasteiger partial charge in [0.25, 0.3) is 0 Å². The Kier molecular flexibility index (Phi) is 4.57. The van der Waals surface area contributed by atoms with E-state index in [1.54, 1.807) is 0 Å². The Labute approximate surface area is 132 Å². The number of rotatable bonds is 4. The van der Waals surface area contributed by atoms with E-state index in [0.717, 1.165) is 19.3 Å². The Balaban J connectivity index is 1.56. The highest BCUT2D eigenvalue weighted by Gasteiger charge is 2.12. The quantitative estimate of drug-likeness (QED) is 0.616. The van der Waals surface area contributed by atoms with E-state index >= 15 is 0 Å². The van der Waals surface area contributed by atoms with E-state index in [0.29, 0.717) is 12.2 Å². The lowest BCUT2D eigenvalue weighted by Crippen LogP contribution is -2.10. The molecule has 0 N–H and O–H groups in total. The third-order valence-electron chi connectivity index (χ3n) is 4.29. The van der Waals surface area contributed by atoms with Crippen LogP contribution in [-0.4, -0.2) is 5.97 Å². The van der Waals surface area contributed by atoms with E-state index < -0.39 is 0 Å². The second-order valence-corrected chi connectivity index (χ2v) is 6.10. The third kappa shape index (κ3) is 3.76. The molecule has 2 nitrogen and oxygen atoms in total. The molecule has 2 aromatic rings. The molecule has 0 radical (unpaired) electrons. The van der Waals surface area contributed by atoms with Crippen LogP contribution in [0.4, 0.5) is 0 Å². The predicted molar refractivity (Wildman–Crippen MR) is 88.2 cm³/mol. The molecule has 0 fully saturated rings. The van der Waals surface area contributed by atoms with Crippen LogP contribution in [-0.2, 0) is 24.1 Å². The number of hydrogen-bond acceptors (Lipinski definition) is 2. The summed E-state index contributed by atoms with van der Waals surface area (Å²) < 4.78 is 5.49. The smallest absolute Gasteiger partial charge is 0.311 e. The summed E-state index contributed by atoms with van der Waals surface area (Å²) in [5.41, 5.74) is 5.16. The minimum atomic E-state index is -0.156. The number of esters is 1. The summed E-state index contributed by atoms with van der Waals surface area (Å²) in [6.07, 6.45) is 5.89. The molecule has 22 heavy (non-hydrogen) atoms. The molecule has 0 aliphatic heterocycles. The van der Waals surface area contributed by atoms with E-state index in [4.69, 9.17) is 4.74 Å². The van der Waals surface area contributed by atoms with Gasteiger partial charge in [0.15, 0.2) is 0 Å². The fraction of sp³-hybridized carbons (Fsp3) is 0.350. The molecule has 0 spiro atoms. The van der Waals surface area contributed by atoms with Crippen LogP contribution < -0.4 is 4.74 Å². The molecular formula is C20H22O2. The molecule has 0 atom stereocenters. The van der Waals surface area contributed by atoms with Gasteiger partial charge in [0.2, 0.25) is 0 Å². The van der Waals surface area contributed by atoms with Gasteiger partial charge in [-0.3, -0.25) is 4.79 Å². The summed E-state index contributed by atoms with van der Waals surface area (Å²) in [5.74, 6) is 0.533. The van der Waals surface area contributed by atoms with Gasteiger partial charge >= 0.3 is 5.97 Å². The molecule has 2 heteroatoms. The van der Waals surface area contributed by atoms with Crippen LogP contribution in [0.25, 0.3) is 0 Å². The van der Waals surface area contributed by atoms with Crippen LogP contribution in [0.3, 0.4) is 0 Å². The zero-order valence-electron chi connectivity index (χ0n) is 13.1. The standard InChI is InChI=1S/C20H22O2/c1-15-6-8-16(9-7-15)10-13-20(21)22-19-12-11-17-4-2-3-5-18(17)14-19/h6-9,11-12,14H,2-5,10,13H2,1H3. The Morgan fingerprint density at radius 2 is 1.73 bits per heavy atom. The number of ether oxygens (including phenoxy) is 1. The fourth-order valence-corrected chi connectivity index (χ4v) is 2.96. The Bertz CT molecular complexity index is 656. The topological polar surface area (TPSA) is 26.3 Å². The summed E-state index contributed by atoms with van der Waals surface area (Å²) in [5, 5.41) is 0. The number of carbonyl (C=O) groups excluding carboxylic acids is 1. The molecule has 0 bridgehead atoms. The van der Waals surface area contributed by atoms with Gasteiger partial charge in [-0.15, -0.1) is 0 Å². The highest BCUT2D eigenvalue weighted by Crippen LogP contribution is 2.25. The van der Waals surface area contributed by atoms with Crippen LogP contribution in [0.5, 0.6) is 5.75 Å². The van der Waals surface area contributed by atoms with Gasteiger partial charge in [-0.25, -0.2) is 0 Å². The third-order valence-corrected chi connectivity index (χ3v) is 4.29. The first-order valence-electron chi connectivity index (χ1n) is 8.09. The maximum atomic E-state index is 12.0. The van der Waals surface area contributed by atoms with Crippen LogP contribution in [0, 0.1) is 6.92 Å². The minimum absolute atomic E-state index is 0.156. The molecular weight excluding hydrogens is 272 g/mol. The van der Waals surface area contributed by atoms with Crippen molar-refractivity contribution in [3.63, 3.8) is 0 Å². The zero-order valence-corrected chi connectivity index (χ0v) is 13.1. The van der Waals surface area contributed by atoms with E-state index in [9.17, 15) is 4.79 Å². The minimum Gasteiger partial charge on any atom is -0.427 e. The molecule has 1 aliphatic carbocycles. The number of fused-ring (bicyclic) bond motifs is 1. The lowest BCUT2D eigenvalue weighted by molar-refractivity contribution is -0.134. The molecule has 0 aromatic heterocycles. The number of carbonyl (C=O) groups is 1. The fourth-order valence-electron chi connectivity index (χ4n) is 2.96. The normalized spacial score (nSPS) is 13.5. The lowest BCUT2D eigenvalue weighted by atomic mass is 9.92. The van der Waals surface area contributed by atoms with Crippen molar-refractivity contribution in [2.24, 2.45) is 0 Å². The molecule has 114 valence electrons. The van der Waals surface area contributed by atoms with Crippen LogP contribution >= 0.6 is 0 Å². The summed E-state index contributed by atoms with van der Waals surface area (Å²) in [6, 6.07) is 14.4. The summed E-state index contributed by atoms with van der Waals surface area (Å²) in [6.45, 7) is 2.06. The van der Waals surface area contributed by atoms with Gasteiger partial charge in [0, 0.05) is 6.42 Å². The van der Waals surface area contributed by atoms with Crippen LogP contribution in [0.15, 0.2) is 42.5 Å². The molecule has 0 unspecified atom stereocenters. The number of hydrogen-bond donors (Lipinski definition) is 0. The van der Waals surface area contributed by atoms with Crippen molar-refractivity contribution in [2.75, 3.05) is 0 Å². The maximum absolute atomic E-state index is 12.0. The van der Waals surface area contributed by atoms with Gasteiger partial charge in [-0.1, -0.05) is 35.9 Å². The second kappa shape index (κ2) is 6.78. The molecule has 0 heterocycles. The monoisotopic (exact) mass is 294 g/mol. The SMILES string of the molecule is Cc1ccc(CCC(=O)Oc2ccc3c(c2)CCCC3)cc1. The maximum Gasteiger partial charge on any atom is 0.311 e. The van der Waals surface area contributed by atoms with Crippen molar-refractivity contribution >= 4 is 5.97 Å². The molecule has 0 amide bonds. The van der Waals surface area contributed by atoms with E-state index in [1.165, 1.54) is 35.1 Å². The van der Waals surface area contributed by atoms with Crippen LogP contribution in [0.2, 0.25) is 0 Å². The van der Waals surface area contributed by atoms with Gasteiger partial charge in [0.05, 0.1) is 0 Å². The number of aryl methyl sites for hydroxylation is 4. The molecule has 0 saturated carbocycles. The predicted octanol–water partition coefficient (Wildman–Crippen LogP) is 4.41. The van der Waals surface area contributed by atoms with Crippen molar-refractivity contribution in [1.82, 2.24) is 0 Å². The van der Waals surface area contributed by atoms with Crippen molar-refractivity contribution in [3.8, 4) is 5.75 Å². The highest BCUT2D eigenvalue weighted by molar-refractivity contribution is 5.72. The van der Waals surface area contributed by atoms with Gasteiger partial charge < -0.3 is 4.74 Å². The first kappa shape index (κ1) is 14.8. The lowest BCUT2D eigenvalue weighted by Gasteiger charge is -2.16. The zero-order chi connectivity index (χ0) is 15.4. The second-order valence-electron chi connectivity index (χ2n) is 6.10. The van der Waals surface area contributed by atoms with Gasteiger partial charge in [-0.05, 0) is 67.9 Å². The molecule has 3 rings (SSSR count). The Morgan fingerprint density at radius 1 is 1.00 bits per heavy atom. The molecule has 0 saturated heterocycles. The average molecular weight is 294 g/mol. The molecule has 1 aliphatic rings. The highest BCUT2D eigenvalue weighted by atomic mass is 16.5. The average Bonchev–Trinajstić information content (AvgIpc) is 2.54. The summed E-state index contributed by atoms with van der Waals surface area (Å²) >= 11 is 0. The number of benzene rings is 2. The summed E-state index contributed by atoms with van der Waals surface area (Å²) in [7, 11) is 0. The van der Waals surface area contributed by atoms with Crippen molar-refractivity contribution in [3.05, 3.63) is 64.7 Å². The Hall–Kier alpha value is -2.09. The first-order valence-corrected chi connectivity index (χ1v) is 8.09. The first-order chi connectivity index (χ1) is 10.7. The van der Waals surface area contributed by atoms with Crippen molar-refractivity contribution in [1.29, 1.82) is 0 Å². The van der Waals surface area contributed by atoms with E-state index in [1.807, 2.05) is 12.1 Å². The van der Waals surface area contributed by atoms with E-state index in [2.05, 4.69) is 37.3 Å².